The Labute approximate surface area is 182 Å². The van der Waals surface area contributed by atoms with Crippen LogP contribution in [0.5, 0.6) is 0 Å². The number of nitrogens with one attached hydrogen (secondary N) is 1. The molecule has 31 heavy (non-hydrogen) atoms. The van der Waals surface area contributed by atoms with Gasteiger partial charge in [0.2, 0.25) is 0 Å². The summed E-state index contributed by atoms with van der Waals surface area (Å²) in [6.45, 7) is 4.37. The summed E-state index contributed by atoms with van der Waals surface area (Å²) >= 11 is 0. The molecule has 1 fully saturated rings. The molecule has 2 aromatic heterocycles. The van der Waals surface area contributed by atoms with E-state index in [1.807, 2.05) is 27.8 Å². The maximum atomic E-state index is 13.3. The van der Waals surface area contributed by atoms with E-state index in [2.05, 4.69) is 59.6 Å². The van der Waals surface area contributed by atoms with E-state index < -0.39 is 0 Å². The van der Waals surface area contributed by atoms with Crippen LogP contribution >= 0.6 is 0 Å². The number of piperidine rings is 1. The standard InChI is InChI=1S/C26H28N4O/c1-2-25-23(17-28-30(25)18-19-8-4-3-5-9-19)26(31)29-14-12-20(13-15-29)22-16-27-24-11-7-6-10-21(22)24/h3-11,16-17,20,27H,2,12-15,18H2,1H3. The second-order valence-corrected chi connectivity index (χ2v) is 8.36. The normalized spacial score (nSPS) is 14.9. The Morgan fingerprint density at radius 3 is 2.58 bits per heavy atom. The summed E-state index contributed by atoms with van der Waals surface area (Å²) in [5.74, 6) is 0.611. The number of hydrogen-bond acceptors (Lipinski definition) is 2. The molecule has 158 valence electrons. The molecule has 0 radical (unpaired) electrons. The number of aromatic nitrogens is 3. The third-order valence-electron chi connectivity index (χ3n) is 6.53. The van der Waals surface area contributed by atoms with Gasteiger partial charge in [0, 0.05) is 30.2 Å². The molecule has 5 heteroatoms. The molecule has 1 aliphatic heterocycles. The number of para-hydroxylation sites is 1. The van der Waals surface area contributed by atoms with E-state index in [0.717, 1.165) is 43.6 Å². The molecule has 0 bridgehead atoms. The largest absolute Gasteiger partial charge is 0.361 e. The molecule has 0 aliphatic carbocycles. The van der Waals surface area contributed by atoms with Gasteiger partial charge in [-0.25, -0.2) is 0 Å². The fourth-order valence-corrected chi connectivity index (χ4v) is 4.85. The molecule has 5 nitrogen and oxygen atoms in total. The Morgan fingerprint density at radius 2 is 1.81 bits per heavy atom. The monoisotopic (exact) mass is 412 g/mol. The Kier molecular flexibility index (Phi) is 5.33. The van der Waals surface area contributed by atoms with Gasteiger partial charge in [-0.15, -0.1) is 0 Å². The fraction of sp³-hybridized carbons (Fsp3) is 0.308. The third-order valence-corrected chi connectivity index (χ3v) is 6.53. The van der Waals surface area contributed by atoms with E-state index in [-0.39, 0.29) is 5.91 Å². The Bertz CT molecular complexity index is 1180. The molecule has 2 aromatic carbocycles. The highest BCUT2D eigenvalue weighted by Crippen LogP contribution is 2.33. The molecule has 1 N–H and O–H groups in total. The lowest BCUT2D eigenvalue weighted by Gasteiger charge is -2.32. The Morgan fingerprint density at radius 1 is 1.06 bits per heavy atom. The number of nitrogens with zero attached hydrogens (tertiary/aromatic N) is 3. The van der Waals surface area contributed by atoms with Gasteiger partial charge < -0.3 is 9.88 Å². The van der Waals surface area contributed by atoms with Gasteiger partial charge in [-0.05, 0) is 42.4 Å². The van der Waals surface area contributed by atoms with Gasteiger partial charge in [0.25, 0.3) is 5.91 Å². The van der Waals surface area contributed by atoms with Gasteiger partial charge in [-0.3, -0.25) is 9.48 Å². The predicted octanol–water partition coefficient (Wildman–Crippen LogP) is 4.99. The van der Waals surface area contributed by atoms with Crippen LogP contribution in [-0.4, -0.2) is 38.7 Å². The number of H-pyrrole nitrogens is 1. The smallest absolute Gasteiger partial charge is 0.257 e. The molecule has 1 amide bonds. The SMILES string of the molecule is CCc1c(C(=O)N2CCC(c3c[nH]c4ccccc34)CC2)cnn1Cc1ccccc1. The number of hydrogen-bond donors (Lipinski definition) is 1. The molecule has 4 aromatic rings. The molecule has 5 rings (SSSR count). The molecule has 3 heterocycles. The van der Waals surface area contributed by atoms with Gasteiger partial charge in [-0.2, -0.15) is 5.10 Å². The van der Waals surface area contributed by atoms with Crippen LogP contribution in [0.3, 0.4) is 0 Å². The summed E-state index contributed by atoms with van der Waals surface area (Å²) in [6.07, 6.45) is 6.69. The Hall–Kier alpha value is -3.34. The summed E-state index contributed by atoms with van der Waals surface area (Å²) < 4.78 is 1.97. The maximum absolute atomic E-state index is 13.3. The molecule has 0 saturated carbocycles. The first-order chi connectivity index (χ1) is 15.2. The second-order valence-electron chi connectivity index (χ2n) is 8.36. The summed E-state index contributed by atoms with van der Waals surface area (Å²) in [5.41, 5.74) is 5.54. The number of aromatic amines is 1. The van der Waals surface area contributed by atoms with Crippen LogP contribution in [0.2, 0.25) is 0 Å². The summed E-state index contributed by atoms with van der Waals surface area (Å²) in [5, 5.41) is 5.86. The van der Waals surface area contributed by atoms with Gasteiger partial charge in [0.1, 0.15) is 0 Å². The summed E-state index contributed by atoms with van der Waals surface area (Å²) in [4.78, 5) is 18.7. The number of likely N-dealkylation sites (tertiary alicyclic amines) is 1. The van der Waals surface area contributed by atoms with Crippen molar-refractivity contribution in [2.24, 2.45) is 0 Å². The van der Waals surface area contributed by atoms with Gasteiger partial charge in [0.05, 0.1) is 24.0 Å². The first-order valence-corrected chi connectivity index (χ1v) is 11.2. The average molecular weight is 413 g/mol. The van der Waals surface area contributed by atoms with Crippen molar-refractivity contribution in [1.29, 1.82) is 0 Å². The highest BCUT2D eigenvalue weighted by Gasteiger charge is 2.28. The lowest BCUT2D eigenvalue weighted by atomic mass is 9.89. The van der Waals surface area contributed by atoms with E-state index >= 15 is 0 Å². The molecule has 1 saturated heterocycles. The van der Waals surface area contributed by atoms with Crippen molar-refractivity contribution in [3.8, 4) is 0 Å². The van der Waals surface area contributed by atoms with Gasteiger partial charge in [-0.1, -0.05) is 55.5 Å². The van der Waals surface area contributed by atoms with Crippen molar-refractivity contribution in [1.82, 2.24) is 19.7 Å². The predicted molar refractivity (Wildman–Crippen MR) is 123 cm³/mol. The lowest BCUT2D eigenvalue weighted by molar-refractivity contribution is 0.0712. The zero-order valence-corrected chi connectivity index (χ0v) is 17.9. The van der Waals surface area contributed by atoms with Crippen molar-refractivity contribution in [2.75, 3.05) is 13.1 Å². The van der Waals surface area contributed by atoms with Crippen molar-refractivity contribution >= 4 is 16.8 Å². The van der Waals surface area contributed by atoms with Crippen LogP contribution in [-0.2, 0) is 13.0 Å². The van der Waals surface area contributed by atoms with Crippen LogP contribution in [0.1, 0.15) is 52.9 Å². The zero-order valence-electron chi connectivity index (χ0n) is 17.9. The second kappa shape index (κ2) is 8.42. The molecular formula is C26H28N4O. The minimum absolute atomic E-state index is 0.119. The van der Waals surface area contributed by atoms with E-state index in [4.69, 9.17) is 0 Å². The van der Waals surface area contributed by atoms with Crippen LogP contribution < -0.4 is 0 Å². The van der Waals surface area contributed by atoms with Gasteiger partial charge in [0.15, 0.2) is 0 Å². The first kappa shape index (κ1) is 19.6. The minimum atomic E-state index is 0.119. The quantitative estimate of drug-likeness (QED) is 0.502. The Balaban J connectivity index is 1.29. The number of carbonyl (C=O) groups excluding carboxylic acids is 1. The van der Waals surface area contributed by atoms with Crippen molar-refractivity contribution in [3.63, 3.8) is 0 Å². The fourth-order valence-electron chi connectivity index (χ4n) is 4.85. The number of amides is 1. The molecule has 1 aliphatic rings. The number of carbonyl (C=O) groups is 1. The summed E-state index contributed by atoms with van der Waals surface area (Å²) in [7, 11) is 0. The van der Waals surface area contributed by atoms with Crippen LogP contribution in [0.15, 0.2) is 67.0 Å². The highest BCUT2D eigenvalue weighted by atomic mass is 16.2. The molecule has 0 unspecified atom stereocenters. The number of benzene rings is 2. The summed E-state index contributed by atoms with van der Waals surface area (Å²) in [6, 6.07) is 18.7. The molecule has 0 atom stereocenters. The highest BCUT2D eigenvalue weighted by molar-refractivity contribution is 5.95. The van der Waals surface area contributed by atoms with E-state index in [1.165, 1.54) is 22.0 Å². The zero-order chi connectivity index (χ0) is 21.2. The van der Waals surface area contributed by atoms with E-state index in [0.29, 0.717) is 12.5 Å². The van der Waals surface area contributed by atoms with E-state index in [1.54, 1.807) is 6.20 Å². The number of fused-ring (bicyclic) bond motifs is 1. The number of rotatable bonds is 5. The maximum Gasteiger partial charge on any atom is 0.257 e. The third kappa shape index (κ3) is 3.76. The molecule has 0 spiro atoms. The van der Waals surface area contributed by atoms with Gasteiger partial charge >= 0.3 is 0 Å². The van der Waals surface area contributed by atoms with Crippen molar-refractivity contribution < 1.29 is 4.79 Å². The first-order valence-electron chi connectivity index (χ1n) is 11.2. The van der Waals surface area contributed by atoms with Crippen LogP contribution in [0.4, 0.5) is 0 Å². The van der Waals surface area contributed by atoms with Crippen LogP contribution in [0.25, 0.3) is 10.9 Å². The van der Waals surface area contributed by atoms with Crippen molar-refractivity contribution in [3.05, 3.63) is 89.4 Å². The van der Waals surface area contributed by atoms with Crippen LogP contribution in [0, 0.1) is 0 Å². The average Bonchev–Trinajstić information content (AvgIpc) is 3.43. The van der Waals surface area contributed by atoms with E-state index in [9.17, 15) is 4.79 Å². The minimum Gasteiger partial charge on any atom is -0.361 e. The lowest BCUT2D eigenvalue weighted by Crippen LogP contribution is -2.38. The molecular weight excluding hydrogens is 384 g/mol. The van der Waals surface area contributed by atoms with Crippen molar-refractivity contribution in [2.45, 2.75) is 38.6 Å². The topological polar surface area (TPSA) is 53.9 Å².